The number of likely N-dealkylation sites (N-methyl/N-ethyl adjacent to an activating group) is 1. The molecule has 2 aliphatic heterocycles. The van der Waals surface area contributed by atoms with Gasteiger partial charge in [-0.1, -0.05) is 30.3 Å². The van der Waals surface area contributed by atoms with Crippen molar-refractivity contribution in [3.8, 4) is 0 Å². The largest absolute Gasteiger partial charge is 0.342 e. The number of amides is 4. The molecule has 7 nitrogen and oxygen atoms in total. The lowest BCUT2D eigenvalue weighted by molar-refractivity contribution is -0.136. The standard InChI is InChI=1S/C26H34N4O3S/c1-28(2)15-16-30-24(32)26(27-25(30)33,12-8-20-6-4-3-5-7-20)22-9-13-29(14-10-22)23(31)18-21-11-17-34-19-21/h3-7,11,17,19,22H,8-10,12-16,18H2,1-2H3,(H,27,33). The second kappa shape index (κ2) is 10.7. The normalized spacial score (nSPS) is 21.4. The molecular weight excluding hydrogens is 448 g/mol. The highest BCUT2D eigenvalue weighted by atomic mass is 32.1. The van der Waals surface area contributed by atoms with E-state index in [-0.39, 0.29) is 23.8 Å². The zero-order valence-corrected chi connectivity index (χ0v) is 20.9. The van der Waals surface area contributed by atoms with Crippen molar-refractivity contribution >= 4 is 29.2 Å². The Kier molecular flexibility index (Phi) is 7.68. The Morgan fingerprint density at radius 2 is 1.85 bits per heavy atom. The van der Waals surface area contributed by atoms with Gasteiger partial charge in [-0.05, 0) is 73.6 Å². The summed E-state index contributed by atoms with van der Waals surface area (Å²) in [4.78, 5) is 44.7. The van der Waals surface area contributed by atoms with Crippen LogP contribution in [0.5, 0.6) is 0 Å². The van der Waals surface area contributed by atoms with Crippen LogP contribution < -0.4 is 5.32 Å². The quantitative estimate of drug-likeness (QED) is 0.558. The summed E-state index contributed by atoms with van der Waals surface area (Å²) in [5.41, 5.74) is 1.28. The molecule has 2 aliphatic rings. The van der Waals surface area contributed by atoms with Gasteiger partial charge in [-0.15, -0.1) is 0 Å². The number of nitrogens with zero attached hydrogens (tertiary/aromatic N) is 3. The molecule has 1 aromatic heterocycles. The number of rotatable bonds is 9. The Morgan fingerprint density at radius 1 is 1.12 bits per heavy atom. The van der Waals surface area contributed by atoms with E-state index in [1.54, 1.807) is 11.3 Å². The Hall–Kier alpha value is -2.71. The van der Waals surface area contributed by atoms with Crippen molar-refractivity contribution in [2.45, 2.75) is 37.6 Å². The van der Waals surface area contributed by atoms with Gasteiger partial charge in [0, 0.05) is 26.2 Å². The molecule has 4 amide bonds. The predicted molar refractivity (Wildman–Crippen MR) is 134 cm³/mol. The average Bonchev–Trinajstić information content (AvgIpc) is 3.43. The second-order valence-corrected chi connectivity index (χ2v) is 10.4. The smallest absolute Gasteiger partial charge is 0.325 e. The van der Waals surface area contributed by atoms with Gasteiger partial charge in [0.1, 0.15) is 5.54 Å². The summed E-state index contributed by atoms with van der Waals surface area (Å²) >= 11 is 1.60. The number of nitrogens with one attached hydrogen (secondary N) is 1. The van der Waals surface area contributed by atoms with Crippen molar-refractivity contribution in [2.75, 3.05) is 40.3 Å². The fourth-order valence-electron chi connectivity index (χ4n) is 5.09. The molecule has 8 heteroatoms. The molecule has 0 aliphatic carbocycles. The Labute approximate surface area is 205 Å². The SMILES string of the molecule is CN(C)CCN1C(=O)NC(CCc2ccccc2)(C2CCN(C(=O)Cc3ccsc3)CC2)C1=O. The van der Waals surface area contributed by atoms with E-state index in [4.69, 9.17) is 0 Å². The number of thiophene rings is 1. The molecule has 0 radical (unpaired) electrons. The molecule has 0 spiro atoms. The summed E-state index contributed by atoms with van der Waals surface area (Å²) < 4.78 is 0. The van der Waals surface area contributed by atoms with Crippen LogP contribution in [0.4, 0.5) is 4.79 Å². The van der Waals surface area contributed by atoms with Crippen LogP contribution in [0.2, 0.25) is 0 Å². The molecule has 4 rings (SSSR count). The van der Waals surface area contributed by atoms with Crippen LogP contribution in [0.3, 0.4) is 0 Å². The van der Waals surface area contributed by atoms with Gasteiger partial charge in [0.05, 0.1) is 6.42 Å². The zero-order chi connectivity index (χ0) is 24.1. The van der Waals surface area contributed by atoms with Gasteiger partial charge in [-0.25, -0.2) is 4.79 Å². The third-order valence-corrected chi connectivity index (χ3v) is 7.84. The van der Waals surface area contributed by atoms with Crippen LogP contribution in [-0.4, -0.2) is 78.4 Å². The molecule has 1 aromatic carbocycles. The zero-order valence-electron chi connectivity index (χ0n) is 20.0. The fraction of sp³-hybridized carbons (Fsp3) is 0.500. The van der Waals surface area contributed by atoms with E-state index < -0.39 is 5.54 Å². The van der Waals surface area contributed by atoms with Crippen molar-refractivity contribution in [1.29, 1.82) is 0 Å². The number of urea groups is 1. The van der Waals surface area contributed by atoms with Crippen LogP contribution >= 0.6 is 11.3 Å². The summed E-state index contributed by atoms with van der Waals surface area (Å²) in [6, 6.07) is 11.8. The minimum atomic E-state index is -0.915. The maximum absolute atomic E-state index is 13.7. The molecule has 2 aromatic rings. The molecule has 0 bridgehead atoms. The molecule has 2 saturated heterocycles. The minimum absolute atomic E-state index is 0.00205. The number of aryl methyl sites for hydroxylation is 1. The third kappa shape index (κ3) is 5.33. The van der Waals surface area contributed by atoms with Crippen molar-refractivity contribution in [3.63, 3.8) is 0 Å². The van der Waals surface area contributed by atoms with E-state index in [0.29, 0.717) is 58.3 Å². The van der Waals surface area contributed by atoms with E-state index in [2.05, 4.69) is 17.4 Å². The van der Waals surface area contributed by atoms with E-state index in [1.807, 2.05) is 58.9 Å². The van der Waals surface area contributed by atoms with Crippen LogP contribution in [-0.2, 0) is 22.4 Å². The first-order valence-electron chi connectivity index (χ1n) is 12.0. The molecule has 1 atom stereocenters. The number of carbonyl (C=O) groups excluding carboxylic acids is 3. The summed E-state index contributed by atoms with van der Waals surface area (Å²) in [5, 5.41) is 7.13. The lowest BCUT2D eigenvalue weighted by Gasteiger charge is -2.41. The van der Waals surface area contributed by atoms with Crippen LogP contribution in [0.25, 0.3) is 0 Å². The summed E-state index contributed by atoms with van der Waals surface area (Å²) in [6.07, 6.45) is 3.11. The van der Waals surface area contributed by atoms with Crippen molar-refractivity contribution in [2.24, 2.45) is 5.92 Å². The lowest BCUT2D eigenvalue weighted by atomic mass is 9.74. The van der Waals surface area contributed by atoms with Crippen molar-refractivity contribution in [3.05, 3.63) is 58.3 Å². The summed E-state index contributed by atoms with van der Waals surface area (Å²) in [6.45, 7) is 2.23. The number of carbonyl (C=O) groups is 3. The first kappa shape index (κ1) is 24.4. The molecule has 0 saturated carbocycles. The average molecular weight is 483 g/mol. The van der Waals surface area contributed by atoms with Gasteiger partial charge in [0.2, 0.25) is 5.91 Å². The molecule has 1 N–H and O–H groups in total. The Bertz CT molecular complexity index is 987. The molecule has 182 valence electrons. The molecule has 2 fully saturated rings. The van der Waals surface area contributed by atoms with Gasteiger partial charge in [0.15, 0.2) is 0 Å². The van der Waals surface area contributed by atoms with Gasteiger partial charge in [-0.2, -0.15) is 11.3 Å². The van der Waals surface area contributed by atoms with E-state index in [9.17, 15) is 14.4 Å². The van der Waals surface area contributed by atoms with Gasteiger partial charge in [0.25, 0.3) is 5.91 Å². The lowest BCUT2D eigenvalue weighted by Crippen LogP contribution is -2.57. The Balaban J connectivity index is 1.48. The molecule has 3 heterocycles. The maximum atomic E-state index is 13.7. The summed E-state index contributed by atoms with van der Waals surface area (Å²) in [7, 11) is 3.87. The molecule has 34 heavy (non-hydrogen) atoms. The second-order valence-electron chi connectivity index (χ2n) is 9.61. The van der Waals surface area contributed by atoms with Crippen LogP contribution in [0, 0.1) is 5.92 Å². The fourth-order valence-corrected chi connectivity index (χ4v) is 5.75. The third-order valence-electron chi connectivity index (χ3n) is 7.10. The number of hydrogen-bond donors (Lipinski definition) is 1. The van der Waals surface area contributed by atoms with Gasteiger partial charge >= 0.3 is 6.03 Å². The van der Waals surface area contributed by atoms with E-state index >= 15 is 0 Å². The maximum Gasteiger partial charge on any atom is 0.325 e. The monoisotopic (exact) mass is 482 g/mol. The number of likely N-dealkylation sites (tertiary alicyclic amines) is 1. The number of benzene rings is 1. The van der Waals surface area contributed by atoms with Crippen LogP contribution in [0.1, 0.15) is 30.4 Å². The highest BCUT2D eigenvalue weighted by molar-refractivity contribution is 7.08. The first-order chi connectivity index (χ1) is 16.4. The number of piperidine rings is 1. The highest BCUT2D eigenvalue weighted by Crippen LogP contribution is 2.37. The predicted octanol–water partition coefficient (Wildman–Crippen LogP) is 3.01. The van der Waals surface area contributed by atoms with Crippen molar-refractivity contribution < 1.29 is 14.4 Å². The molecule has 1 unspecified atom stereocenters. The minimum Gasteiger partial charge on any atom is -0.342 e. The molecular formula is C26H34N4O3S. The first-order valence-corrected chi connectivity index (χ1v) is 12.9. The Morgan fingerprint density at radius 3 is 2.50 bits per heavy atom. The van der Waals surface area contributed by atoms with Gasteiger partial charge in [-0.3, -0.25) is 14.5 Å². The van der Waals surface area contributed by atoms with Crippen molar-refractivity contribution in [1.82, 2.24) is 20.0 Å². The van der Waals surface area contributed by atoms with Crippen LogP contribution in [0.15, 0.2) is 47.2 Å². The van der Waals surface area contributed by atoms with Gasteiger partial charge < -0.3 is 15.1 Å². The van der Waals surface area contributed by atoms with E-state index in [1.165, 1.54) is 4.90 Å². The topological polar surface area (TPSA) is 73.0 Å². The number of hydrogen-bond acceptors (Lipinski definition) is 5. The highest BCUT2D eigenvalue weighted by Gasteiger charge is 2.55. The summed E-state index contributed by atoms with van der Waals surface area (Å²) in [5.74, 6) is 0.0186. The van der Waals surface area contributed by atoms with E-state index in [0.717, 1.165) is 11.1 Å². The number of imide groups is 1.